The number of hydrogen-bond donors (Lipinski definition) is 0. The van der Waals surface area contributed by atoms with Gasteiger partial charge in [0.2, 0.25) is 0 Å². The van der Waals surface area contributed by atoms with E-state index in [1.165, 1.54) is 60.8 Å². The molecule has 2 aliphatic carbocycles. The van der Waals surface area contributed by atoms with Crippen molar-refractivity contribution in [3.8, 4) is 50.7 Å². The summed E-state index contributed by atoms with van der Waals surface area (Å²) >= 11 is 0. The van der Waals surface area contributed by atoms with Gasteiger partial charge in [-0.15, -0.1) is 0 Å². The second-order valence-corrected chi connectivity index (χ2v) is 14.6. The highest BCUT2D eigenvalue weighted by Crippen LogP contribution is 2.54. The molecule has 0 radical (unpaired) electrons. The monoisotopic (exact) mass is 629 g/mol. The molecule has 0 bridgehead atoms. The average Bonchev–Trinajstić information content (AvgIpc) is 3.69. The molecule has 0 atom stereocenters. The van der Waals surface area contributed by atoms with Crippen molar-refractivity contribution in [1.82, 2.24) is 14.5 Å². The predicted molar refractivity (Wildman–Crippen MR) is 202 cm³/mol. The number of hydrogen-bond acceptors (Lipinski definition) is 2. The molecule has 234 valence electrons. The van der Waals surface area contributed by atoms with Crippen LogP contribution < -0.4 is 0 Å². The third kappa shape index (κ3) is 3.79. The third-order valence-electron chi connectivity index (χ3n) is 11.2. The van der Waals surface area contributed by atoms with E-state index in [4.69, 9.17) is 9.97 Å². The lowest BCUT2D eigenvalue weighted by molar-refractivity contribution is 0.658. The molecule has 0 N–H and O–H groups in total. The van der Waals surface area contributed by atoms with Crippen molar-refractivity contribution in [2.75, 3.05) is 0 Å². The van der Waals surface area contributed by atoms with Crippen molar-refractivity contribution in [1.29, 1.82) is 0 Å². The topological polar surface area (TPSA) is 30.7 Å². The Bertz CT molecular complexity index is 2660. The van der Waals surface area contributed by atoms with Gasteiger partial charge in [0, 0.05) is 49.5 Å². The molecular formula is C46H35N3. The van der Waals surface area contributed by atoms with Crippen LogP contribution in [0, 0.1) is 0 Å². The first kappa shape index (κ1) is 28.2. The van der Waals surface area contributed by atoms with Crippen molar-refractivity contribution in [2.45, 2.75) is 38.5 Å². The largest absolute Gasteiger partial charge is 0.309 e. The standard InChI is InChI=1S/C46H35N3/c1-45(2)36-22-11-8-19-31(36)33-25-26-34-32-20-10-13-24-38(32)49(43(34)39(33)45)30-18-14-17-29(27-30)44-47-41(28-15-6-5-7-16-28)40-42(48-44)35-21-9-12-23-37(35)46(40,3)4/h5-27H,1-4H3. The molecule has 8 aromatic rings. The highest BCUT2D eigenvalue weighted by Gasteiger charge is 2.40. The number of fused-ring (bicyclic) bond motifs is 10. The fraction of sp³-hybridized carbons (Fsp3) is 0.130. The molecule has 0 saturated heterocycles. The Balaban J connectivity index is 1.24. The van der Waals surface area contributed by atoms with Crippen LogP contribution in [0.25, 0.3) is 72.5 Å². The summed E-state index contributed by atoms with van der Waals surface area (Å²) in [4.78, 5) is 10.8. The van der Waals surface area contributed by atoms with Crippen LogP contribution in [0.3, 0.4) is 0 Å². The van der Waals surface area contributed by atoms with Gasteiger partial charge in [-0.3, -0.25) is 0 Å². The summed E-state index contributed by atoms with van der Waals surface area (Å²) in [6.07, 6.45) is 0. The van der Waals surface area contributed by atoms with E-state index in [0.717, 1.165) is 34.0 Å². The van der Waals surface area contributed by atoms with Crippen LogP contribution >= 0.6 is 0 Å². The molecule has 10 rings (SSSR count). The minimum atomic E-state index is -0.217. The zero-order chi connectivity index (χ0) is 33.1. The van der Waals surface area contributed by atoms with Gasteiger partial charge < -0.3 is 4.57 Å². The average molecular weight is 630 g/mol. The first-order valence-electron chi connectivity index (χ1n) is 17.2. The van der Waals surface area contributed by atoms with E-state index in [-0.39, 0.29) is 10.8 Å². The van der Waals surface area contributed by atoms with Crippen molar-refractivity contribution < 1.29 is 0 Å². The fourth-order valence-electron chi connectivity index (χ4n) is 8.92. The highest BCUT2D eigenvalue weighted by molar-refractivity contribution is 6.13. The normalized spacial score (nSPS) is 14.9. The molecule has 2 aromatic heterocycles. The Labute approximate surface area is 286 Å². The maximum atomic E-state index is 5.40. The molecule has 3 nitrogen and oxygen atoms in total. The Morgan fingerprint density at radius 3 is 1.92 bits per heavy atom. The van der Waals surface area contributed by atoms with Crippen LogP contribution in [0.2, 0.25) is 0 Å². The summed E-state index contributed by atoms with van der Waals surface area (Å²) in [5.41, 5.74) is 16.5. The molecule has 0 spiro atoms. The molecule has 3 heteroatoms. The summed E-state index contributed by atoms with van der Waals surface area (Å²) in [5.74, 6) is 0.741. The second-order valence-electron chi connectivity index (χ2n) is 14.6. The zero-order valence-electron chi connectivity index (χ0n) is 28.1. The Morgan fingerprint density at radius 1 is 0.469 bits per heavy atom. The molecule has 6 aromatic carbocycles. The van der Waals surface area contributed by atoms with Gasteiger partial charge in [0.25, 0.3) is 0 Å². The summed E-state index contributed by atoms with van der Waals surface area (Å²) in [6, 6.07) is 50.5. The Kier molecular flexibility index (Phi) is 5.69. The fourth-order valence-corrected chi connectivity index (χ4v) is 8.92. The van der Waals surface area contributed by atoms with Crippen LogP contribution in [0.4, 0.5) is 0 Å². The Hall–Kier alpha value is -5.80. The van der Waals surface area contributed by atoms with Crippen LogP contribution in [-0.2, 0) is 10.8 Å². The van der Waals surface area contributed by atoms with Crippen LogP contribution in [0.15, 0.2) is 140 Å². The quantitative estimate of drug-likeness (QED) is 0.195. The van der Waals surface area contributed by atoms with Crippen molar-refractivity contribution >= 4 is 21.8 Å². The molecule has 2 heterocycles. The lowest BCUT2D eigenvalue weighted by atomic mass is 9.81. The summed E-state index contributed by atoms with van der Waals surface area (Å²) in [5, 5.41) is 2.54. The SMILES string of the molecule is CC1(C)c2ccccc2-c2nc(-c3cccc(-n4c5ccccc5c5ccc6c(c54)C(C)(C)c4ccccc4-6)c3)nc(-c3ccccc3)c21. The summed E-state index contributed by atoms with van der Waals surface area (Å²) < 4.78 is 2.48. The van der Waals surface area contributed by atoms with Crippen molar-refractivity contribution in [3.05, 3.63) is 162 Å². The van der Waals surface area contributed by atoms with Gasteiger partial charge in [0.15, 0.2) is 5.82 Å². The van der Waals surface area contributed by atoms with Gasteiger partial charge in [-0.25, -0.2) is 9.97 Å². The van der Waals surface area contributed by atoms with E-state index in [2.05, 4.69) is 172 Å². The van der Waals surface area contributed by atoms with Gasteiger partial charge >= 0.3 is 0 Å². The first-order chi connectivity index (χ1) is 23.8. The second kappa shape index (κ2) is 9.87. The van der Waals surface area contributed by atoms with E-state index in [1.807, 2.05) is 0 Å². The van der Waals surface area contributed by atoms with E-state index >= 15 is 0 Å². The molecular weight excluding hydrogens is 595 g/mol. The summed E-state index contributed by atoms with van der Waals surface area (Å²) in [6.45, 7) is 9.35. The minimum absolute atomic E-state index is 0.150. The van der Waals surface area contributed by atoms with E-state index in [9.17, 15) is 0 Å². The number of para-hydroxylation sites is 1. The number of aromatic nitrogens is 3. The van der Waals surface area contributed by atoms with Gasteiger partial charge in [-0.1, -0.05) is 149 Å². The predicted octanol–water partition coefficient (Wildman–Crippen LogP) is 11.5. The Morgan fingerprint density at radius 2 is 1.10 bits per heavy atom. The first-order valence-corrected chi connectivity index (χ1v) is 17.2. The third-order valence-corrected chi connectivity index (χ3v) is 11.2. The summed E-state index contributed by atoms with van der Waals surface area (Å²) in [7, 11) is 0. The molecule has 0 fully saturated rings. The van der Waals surface area contributed by atoms with Crippen LogP contribution in [-0.4, -0.2) is 14.5 Å². The number of rotatable bonds is 3. The minimum Gasteiger partial charge on any atom is -0.309 e. The van der Waals surface area contributed by atoms with Gasteiger partial charge in [0.1, 0.15) is 0 Å². The molecule has 0 aliphatic heterocycles. The van der Waals surface area contributed by atoms with Gasteiger partial charge in [-0.05, 0) is 46.0 Å². The molecule has 49 heavy (non-hydrogen) atoms. The maximum absolute atomic E-state index is 5.40. The van der Waals surface area contributed by atoms with Gasteiger partial charge in [0.05, 0.1) is 22.4 Å². The van der Waals surface area contributed by atoms with Gasteiger partial charge in [-0.2, -0.15) is 0 Å². The molecule has 0 unspecified atom stereocenters. The van der Waals surface area contributed by atoms with E-state index in [1.54, 1.807) is 0 Å². The lowest BCUT2D eigenvalue weighted by Crippen LogP contribution is -2.17. The maximum Gasteiger partial charge on any atom is 0.160 e. The smallest absolute Gasteiger partial charge is 0.160 e. The van der Waals surface area contributed by atoms with E-state index < -0.39 is 0 Å². The molecule has 2 aliphatic rings. The van der Waals surface area contributed by atoms with Crippen molar-refractivity contribution in [3.63, 3.8) is 0 Å². The van der Waals surface area contributed by atoms with E-state index in [0.29, 0.717) is 0 Å². The lowest BCUT2D eigenvalue weighted by Gasteiger charge is -2.24. The highest BCUT2D eigenvalue weighted by atomic mass is 15.0. The molecule has 0 amide bonds. The number of benzene rings is 6. The number of nitrogens with zero attached hydrogens (tertiary/aromatic N) is 3. The zero-order valence-corrected chi connectivity index (χ0v) is 28.1. The van der Waals surface area contributed by atoms with Crippen LogP contribution in [0.1, 0.15) is 49.9 Å². The molecule has 0 saturated carbocycles. The van der Waals surface area contributed by atoms with Crippen molar-refractivity contribution in [2.24, 2.45) is 0 Å². The van der Waals surface area contributed by atoms with Crippen LogP contribution in [0.5, 0.6) is 0 Å².